The molecule has 0 amide bonds. The molecular formula is C13H14N4OS. The molecule has 0 bridgehead atoms. The summed E-state index contributed by atoms with van der Waals surface area (Å²) in [5.41, 5.74) is 1.37. The van der Waals surface area contributed by atoms with Crippen LogP contribution in [0.25, 0.3) is 0 Å². The van der Waals surface area contributed by atoms with Crippen molar-refractivity contribution in [1.82, 2.24) is 9.59 Å². The van der Waals surface area contributed by atoms with E-state index in [1.54, 1.807) is 18.2 Å². The van der Waals surface area contributed by atoms with Crippen LogP contribution in [0.1, 0.15) is 24.6 Å². The SMILES string of the molecule is CCCNc1snnc1COc1cccc(C#N)c1. The third kappa shape index (κ3) is 3.66. The minimum absolute atomic E-state index is 0.345. The largest absolute Gasteiger partial charge is 0.487 e. The van der Waals surface area contributed by atoms with E-state index in [0.29, 0.717) is 17.9 Å². The molecule has 5 nitrogen and oxygen atoms in total. The van der Waals surface area contributed by atoms with E-state index in [1.807, 2.05) is 6.07 Å². The number of nitrogens with one attached hydrogen (secondary N) is 1. The Morgan fingerprint density at radius 3 is 3.16 bits per heavy atom. The van der Waals surface area contributed by atoms with E-state index in [9.17, 15) is 0 Å². The number of nitrogens with zero attached hydrogens (tertiary/aromatic N) is 3. The lowest BCUT2D eigenvalue weighted by atomic mass is 10.2. The number of benzene rings is 1. The highest BCUT2D eigenvalue weighted by Gasteiger charge is 2.08. The highest BCUT2D eigenvalue weighted by Crippen LogP contribution is 2.20. The lowest BCUT2D eigenvalue weighted by Crippen LogP contribution is -2.03. The van der Waals surface area contributed by atoms with Gasteiger partial charge in [0.2, 0.25) is 0 Å². The summed E-state index contributed by atoms with van der Waals surface area (Å²) < 4.78 is 9.54. The number of hydrogen-bond acceptors (Lipinski definition) is 6. The predicted octanol–water partition coefficient (Wildman–Crippen LogP) is 2.81. The topological polar surface area (TPSA) is 70.8 Å². The van der Waals surface area contributed by atoms with Gasteiger partial charge in [-0.15, -0.1) is 5.10 Å². The Morgan fingerprint density at radius 2 is 2.37 bits per heavy atom. The summed E-state index contributed by atoms with van der Waals surface area (Å²) in [6.45, 7) is 3.34. The summed E-state index contributed by atoms with van der Waals surface area (Å²) in [7, 11) is 0. The van der Waals surface area contributed by atoms with Crippen LogP contribution in [0.5, 0.6) is 5.75 Å². The van der Waals surface area contributed by atoms with Crippen LogP contribution in [0, 0.1) is 11.3 Å². The van der Waals surface area contributed by atoms with Gasteiger partial charge in [-0.05, 0) is 24.6 Å². The molecule has 1 heterocycles. The Hall–Kier alpha value is -2.13. The molecule has 0 atom stereocenters. The second kappa shape index (κ2) is 6.71. The van der Waals surface area contributed by atoms with Gasteiger partial charge >= 0.3 is 0 Å². The van der Waals surface area contributed by atoms with E-state index >= 15 is 0 Å². The Balaban J connectivity index is 1.98. The molecule has 1 aromatic carbocycles. The van der Waals surface area contributed by atoms with Gasteiger partial charge in [-0.25, -0.2) is 0 Å². The molecule has 0 spiro atoms. The van der Waals surface area contributed by atoms with Crippen molar-refractivity contribution in [3.05, 3.63) is 35.5 Å². The van der Waals surface area contributed by atoms with E-state index in [-0.39, 0.29) is 0 Å². The number of rotatable bonds is 6. The van der Waals surface area contributed by atoms with Crippen molar-refractivity contribution >= 4 is 16.5 Å². The van der Waals surface area contributed by atoms with Crippen LogP contribution >= 0.6 is 11.5 Å². The van der Waals surface area contributed by atoms with E-state index in [0.717, 1.165) is 23.7 Å². The summed E-state index contributed by atoms with van der Waals surface area (Å²) in [4.78, 5) is 0. The Bertz CT molecular complexity index is 576. The zero-order valence-electron chi connectivity index (χ0n) is 10.6. The molecule has 19 heavy (non-hydrogen) atoms. The monoisotopic (exact) mass is 274 g/mol. The third-order valence-corrected chi connectivity index (χ3v) is 3.16. The standard InChI is InChI=1S/C13H14N4OS/c1-2-6-15-13-12(16-17-19-13)9-18-11-5-3-4-10(7-11)8-14/h3-5,7,15H,2,6,9H2,1H3. The summed E-state index contributed by atoms with van der Waals surface area (Å²) >= 11 is 1.33. The fourth-order valence-corrected chi connectivity index (χ4v) is 2.08. The fraction of sp³-hybridized carbons (Fsp3) is 0.308. The highest BCUT2D eigenvalue weighted by molar-refractivity contribution is 7.10. The van der Waals surface area contributed by atoms with Crippen LogP contribution < -0.4 is 10.1 Å². The molecule has 0 aliphatic heterocycles. The van der Waals surface area contributed by atoms with Gasteiger partial charge in [-0.2, -0.15) is 5.26 Å². The van der Waals surface area contributed by atoms with Gasteiger partial charge in [0.1, 0.15) is 23.1 Å². The molecule has 98 valence electrons. The van der Waals surface area contributed by atoms with Gasteiger partial charge in [0, 0.05) is 18.1 Å². The molecular weight excluding hydrogens is 260 g/mol. The third-order valence-electron chi connectivity index (χ3n) is 2.43. The molecule has 0 saturated carbocycles. The van der Waals surface area contributed by atoms with Crippen LogP contribution in [0.3, 0.4) is 0 Å². The second-order valence-corrected chi connectivity index (χ2v) is 4.66. The molecule has 0 fully saturated rings. The van der Waals surface area contributed by atoms with Crippen LogP contribution in [0.2, 0.25) is 0 Å². The van der Waals surface area contributed by atoms with Gasteiger partial charge < -0.3 is 10.1 Å². The predicted molar refractivity (Wildman–Crippen MR) is 74.2 cm³/mol. The minimum atomic E-state index is 0.345. The zero-order chi connectivity index (χ0) is 13.5. The van der Waals surface area contributed by atoms with Crippen LogP contribution in [-0.4, -0.2) is 16.1 Å². The lowest BCUT2D eigenvalue weighted by molar-refractivity contribution is 0.301. The van der Waals surface area contributed by atoms with Crippen molar-refractivity contribution in [1.29, 1.82) is 5.26 Å². The normalized spacial score (nSPS) is 9.89. The van der Waals surface area contributed by atoms with Crippen molar-refractivity contribution in [3.63, 3.8) is 0 Å². The van der Waals surface area contributed by atoms with Crippen molar-refractivity contribution in [3.8, 4) is 11.8 Å². The smallest absolute Gasteiger partial charge is 0.136 e. The first-order valence-corrected chi connectivity index (χ1v) is 6.79. The Morgan fingerprint density at radius 1 is 1.47 bits per heavy atom. The molecule has 0 aliphatic carbocycles. The maximum Gasteiger partial charge on any atom is 0.136 e. The van der Waals surface area contributed by atoms with Gasteiger partial charge in [0.05, 0.1) is 11.6 Å². The summed E-state index contributed by atoms with van der Waals surface area (Å²) in [5.74, 6) is 0.661. The molecule has 1 N–H and O–H groups in total. The lowest BCUT2D eigenvalue weighted by Gasteiger charge is -2.06. The summed E-state index contributed by atoms with van der Waals surface area (Å²) in [5, 5.41) is 17.1. The average Bonchev–Trinajstić information content (AvgIpc) is 2.90. The van der Waals surface area contributed by atoms with Gasteiger partial charge in [0.25, 0.3) is 0 Å². The number of hydrogen-bond donors (Lipinski definition) is 1. The van der Waals surface area contributed by atoms with E-state index in [2.05, 4.69) is 27.9 Å². The number of anilines is 1. The van der Waals surface area contributed by atoms with Crippen molar-refractivity contribution in [2.45, 2.75) is 20.0 Å². The van der Waals surface area contributed by atoms with E-state index in [1.165, 1.54) is 11.5 Å². The number of ether oxygens (including phenoxy) is 1. The first-order chi connectivity index (χ1) is 9.33. The zero-order valence-corrected chi connectivity index (χ0v) is 11.4. The quantitative estimate of drug-likeness (QED) is 0.877. The summed E-state index contributed by atoms with van der Waals surface area (Å²) in [6.07, 6.45) is 1.04. The van der Waals surface area contributed by atoms with Crippen molar-refractivity contribution < 1.29 is 4.74 Å². The molecule has 0 radical (unpaired) electrons. The first-order valence-electron chi connectivity index (χ1n) is 6.01. The van der Waals surface area contributed by atoms with Crippen LogP contribution in [0.4, 0.5) is 5.00 Å². The molecule has 1 aromatic heterocycles. The fourth-order valence-electron chi connectivity index (χ4n) is 1.48. The molecule has 6 heteroatoms. The van der Waals surface area contributed by atoms with E-state index < -0.39 is 0 Å². The second-order valence-electron chi connectivity index (χ2n) is 3.90. The first kappa shape index (κ1) is 13.3. The Labute approximate surface area is 116 Å². The molecule has 2 rings (SSSR count). The highest BCUT2D eigenvalue weighted by atomic mass is 32.1. The average molecular weight is 274 g/mol. The summed E-state index contributed by atoms with van der Waals surface area (Å²) in [6, 6.07) is 9.14. The number of aromatic nitrogens is 2. The van der Waals surface area contributed by atoms with Crippen LogP contribution in [-0.2, 0) is 6.61 Å². The maximum absolute atomic E-state index is 8.82. The van der Waals surface area contributed by atoms with Gasteiger partial charge in [-0.3, -0.25) is 0 Å². The molecule has 2 aromatic rings. The van der Waals surface area contributed by atoms with Crippen molar-refractivity contribution in [2.75, 3.05) is 11.9 Å². The molecule has 0 saturated heterocycles. The maximum atomic E-state index is 8.82. The van der Waals surface area contributed by atoms with Crippen LogP contribution in [0.15, 0.2) is 24.3 Å². The van der Waals surface area contributed by atoms with E-state index in [4.69, 9.17) is 10.00 Å². The number of nitriles is 1. The minimum Gasteiger partial charge on any atom is -0.487 e. The van der Waals surface area contributed by atoms with Crippen molar-refractivity contribution in [2.24, 2.45) is 0 Å². The molecule has 0 aliphatic rings. The van der Waals surface area contributed by atoms with Gasteiger partial charge in [-0.1, -0.05) is 17.5 Å². The van der Waals surface area contributed by atoms with Gasteiger partial charge in [0.15, 0.2) is 0 Å². The Kier molecular flexibility index (Phi) is 4.70. The molecule has 0 unspecified atom stereocenters.